The third-order valence-electron chi connectivity index (χ3n) is 11.1. The molecule has 2 aliphatic carbocycles. The Morgan fingerprint density at radius 3 is 1.07 bits per heavy atom. The fraction of sp³-hybridized carbons (Fsp3) is 1.00. The summed E-state index contributed by atoms with van der Waals surface area (Å²) in [5, 5.41) is 58.9. The van der Waals surface area contributed by atoms with Gasteiger partial charge >= 0.3 is 0 Å². The van der Waals surface area contributed by atoms with Crippen LogP contribution in [-0.2, 0) is 0 Å². The summed E-state index contributed by atoms with van der Waals surface area (Å²) >= 11 is 0. The normalized spacial score (nSPS) is 43.0. The first-order valence-electron chi connectivity index (χ1n) is 16.3. The van der Waals surface area contributed by atoms with Gasteiger partial charge in [0.15, 0.2) is 0 Å². The topological polar surface area (TPSA) is 128 Å². The molecule has 8 nitrogen and oxygen atoms in total. The SMILES string of the molecule is C[C@@H]1[C@@H](O)[C@H](O)[C@@H](O)CN1CC1CCC(C(C)(C)F)CC1.C[C@@H]1[C@@H](O)[C@H](O)[C@@H](O)CN1CC1CCC(C(C)(C)F)CC1. The number of halogens is 2. The predicted molar refractivity (Wildman–Crippen MR) is 159 cm³/mol. The van der Waals surface area contributed by atoms with Gasteiger partial charge in [-0.1, -0.05) is 0 Å². The maximum absolute atomic E-state index is 14.0. The van der Waals surface area contributed by atoms with E-state index in [1.165, 1.54) is 0 Å². The van der Waals surface area contributed by atoms with Crippen molar-refractivity contribution in [1.29, 1.82) is 0 Å². The molecule has 4 fully saturated rings. The molecule has 0 unspecified atom stereocenters. The molecule has 2 saturated carbocycles. The highest BCUT2D eigenvalue weighted by Crippen LogP contribution is 2.39. The van der Waals surface area contributed by atoms with Crippen molar-refractivity contribution in [3.63, 3.8) is 0 Å². The van der Waals surface area contributed by atoms with Crippen molar-refractivity contribution in [2.45, 2.75) is 153 Å². The average molecular weight is 607 g/mol. The third kappa shape index (κ3) is 9.28. The average Bonchev–Trinajstić information content (AvgIpc) is 2.92. The van der Waals surface area contributed by atoms with Crippen LogP contribution in [-0.4, -0.2) is 127 Å². The van der Waals surface area contributed by atoms with Crippen molar-refractivity contribution in [2.24, 2.45) is 23.7 Å². The van der Waals surface area contributed by atoms with Crippen LogP contribution in [0.1, 0.15) is 92.9 Å². The van der Waals surface area contributed by atoms with Crippen molar-refractivity contribution in [1.82, 2.24) is 9.80 Å². The summed E-state index contributed by atoms with van der Waals surface area (Å²) in [5.41, 5.74) is -2.19. The first-order chi connectivity index (χ1) is 19.4. The second kappa shape index (κ2) is 14.8. The van der Waals surface area contributed by atoms with Crippen LogP contribution in [0.15, 0.2) is 0 Å². The van der Waals surface area contributed by atoms with Crippen LogP contribution in [0.5, 0.6) is 0 Å². The second-order valence-electron chi connectivity index (χ2n) is 15.1. The molecule has 248 valence electrons. The first-order valence-corrected chi connectivity index (χ1v) is 16.3. The Bertz CT molecular complexity index is 744. The van der Waals surface area contributed by atoms with E-state index in [1.807, 2.05) is 13.8 Å². The zero-order valence-corrected chi connectivity index (χ0v) is 26.7. The minimum Gasteiger partial charge on any atom is -0.389 e. The standard InChI is InChI=1S/2C16H30FNO3/c2*1-10-14(20)15(21)13(19)9-18(10)8-11-4-6-12(7-5-11)16(2,3)17/h2*10-15,19-21H,4-9H2,1-3H3/t2*10-,11?,12?,13+,14-,15-/m11/s1. The first kappa shape index (κ1) is 36.0. The Kier molecular flexibility index (Phi) is 12.7. The van der Waals surface area contributed by atoms with Gasteiger partial charge in [0.1, 0.15) is 23.5 Å². The smallest absolute Gasteiger partial charge is 0.108 e. The molecule has 10 heteroatoms. The fourth-order valence-corrected chi connectivity index (χ4v) is 7.69. The van der Waals surface area contributed by atoms with Crippen LogP contribution in [0.25, 0.3) is 0 Å². The lowest BCUT2D eigenvalue weighted by Gasteiger charge is -2.44. The van der Waals surface area contributed by atoms with E-state index in [9.17, 15) is 39.4 Å². The molecule has 2 saturated heterocycles. The Morgan fingerprint density at radius 1 is 0.524 bits per heavy atom. The highest BCUT2D eigenvalue weighted by molar-refractivity contribution is 4.95. The zero-order valence-electron chi connectivity index (χ0n) is 26.7. The second-order valence-corrected chi connectivity index (χ2v) is 15.1. The lowest BCUT2D eigenvalue weighted by atomic mass is 9.75. The van der Waals surface area contributed by atoms with Gasteiger partial charge in [-0.2, -0.15) is 0 Å². The van der Waals surface area contributed by atoms with Crippen LogP contribution < -0.4 is 0 Å². The summed E-state index contributed by atoms with van der Waals surface area (Å²) in [4.78, 5) is 4.13. The van der Waals surface area contributed by atoms with Gasteiger partial charge in [0, 0.05) is 38.3 Å². The number of nitrogens with zero attached hydrogens (tertiary/aromatic N) is 2. The number of β-amino-alcohol motifs (C(OH)–C–C–N with tert-alkyl or cyclic N) is 2. The zero-order chi connectivity index (χ0) is 31.6. The van der Waals surface area contributed by atoms with Gasteiger partial charge in [0.2, 0.25) is 0 Å². The number of piperidine rings is 2. The van der Waals surface area contributed by atoms with Gasteiger partial charge in [0.25, 0.3) is 0 Å². The molecular weight excluding hydrogens is 546 g/mol. The largest absolute Gasteiger partial charge is 0.389 e. The number of hydrogen-bond acceptors (Lipinski definition) is 8. The van der Waals surface area contributed by atoms with Crippen molar-refractivity contribution in [3.8, 4) is 0 Å². The highest BCUT2D eigenvalue weighted by atomic mass is 19.1. The molecule has 2 aliphatic heterocycles. The number of alkyl halides is 2. The number of aliphatic hydroxyl groups is 6. The lowest BCUT2D eigenvalue weighted by molar-refractivity contribution is -0.136. The molecule has 0 aromatic heterocycles. The fourth-order valence-electron chi connectivity index (χ4n) is 7.69. The summed E-state index contributed by atoms with van der Waals surface area (Å²) in [6, 6.07) is -0.308. The molecular formula is C32H60F2N2O6. The van der Waals surface area contributed by atoms with Gasteiger partial charge in [0.05, 0.1) is 24.4 Å². The molecule has 8 atom stereocenters. The molecule has 0 bridgehead atoms. The Labute approximate surface area is 252 Å². The number of likely N-dealkylation sites (tertiary alicyclic amines) is 2. The van der Waals surface area contributed by atoms with E-state index in [2.05, 4.69) is 9.80 Å². The van der Waals surface area contributed by atoms with E-state index >= 15 is 0 Å². The van der Waals surface area contributed by atoms with Gasteiger partial charge in [-0.3, -0.25) is 9.80 Å². The Morgan fingerprint density at radius 2 is 0.810 bits per heavy atom. The Hall–Kier alpha value is -0.460. The summed E-state index contributed by atoms with van der Waals surface area (Å²) in [5.74, 6) is 1.26. The van der Waals surface area contributed by atoms with Crippen LogP contribution in [0, 0.1) is 23.7 Å². The lowest BCUT2D eigenvalue weighted by Crippen LogP contribution is -2.61. The van der Waals surface area contributed by atoms with Crippen molar-refractivity contribution in [2.75, 3.05) is 26.2 Å². The van der Waals surface area contributed by atoms with Crippen LogP contribution in [0.4, 0.5) is 8.78 Å². The maximum Gasteiger partial charge on any atom is 0.108 e. The van der Waals surface area contributed by atoms with Gasteiger partial charge in [-0.25, -0.2) is 8.78 Å². The molecule has 4 rings (SSSR count). The minimum absolute atomic E-state index is 0.144. The molecule has 6 N–H and O–H groups in total. The maximum atomic E-state index is 14.0. The van der Waals surface area contributed by atoms with E-state index in [1.54, 1.807) is 27.7 Å². The molecule has 42 heavy (non-hydrogen) atoms. The van der Waals surface area contributed by atoms with Crippen LogP contribution >= 0.6 is 0 Å². The van der Waals surface area contributed by atoms with Crippen molar-refractivity contribution in [3.05, 3.63) is 0 Å². The molecule has 0 amide bonds. The molecule has 0 aromatic carbocycles. The molecule has 0 aromatic rings. The number of rotatable bonds is 6. The molecule has 0 spiro atoms. The molecule has 4 aliphatic rings. The highest BCUT2D eigenvalue weighted by Gasteiger charge is 2.42. The molecule has 2 heterocycles. The summed E-state index contributed by atoms with van der Waals surface area (Å²) < 4.78 is 27.9. The molecule has 0 radical (unpaired) electrons. The van der Waals surface area contributed by atoms with E-state index in [-0.39, 0.29) is 23.9 Å². The summed E-state index contributed by atoms with van der Waals surface area (Å²) in [7, 11) is 0. The number of hydrogen-bond donors (Lipinski definition) is 6. The van der Waals surface area contributed by atoms with E-state index in [0.29, 0.717) is 24.9 Å². The minimum atomic E-state index is -1.10. The quantitative estimate of drug-likeness (QED) is 0.273. The van der Waals surface area contributed by atoms with Crippen molar-refractivity contribution >= 4 is 0 Å². The Balaban J connectivity index is 0.000000230. The van der Waals surface area contributed by atoms with Crippen LogP contribution in [0.3, 0.4) is 0 Å². The summed E-state index contributed by atoms with van der Waals surface area (Å²) in [6.45, 7) is 12.8. The third-order valence-corrected chi connectivity index (χ3v) is 11.1. The van der Waals surface area contributed by atoms with Gasteiger partial charge < -0.3 is 30.6 Å². The van der Waals surface area contributed by atoms with E-state index in [0.717, 1.165) is 64.5 Å². The summed E-state index contributed by atoms with van der Waals surface area (Å²) in [6.07, 6.45) is 1.90. The van der Waals surface area contributed by atoms with Gasteiger partial charge in [-0.05, 0) is 117 Å². The van der Waals surface area contributed by atoms with Crippen molar-refractivity contribution < 1.29 is 39.4 Å². The monoisotopic (exact) mass is 606 g/mol. The number of aliphatic hydroxyl groups excluding tert-OH is 6. The van der Waals surface area contributed by atoms with Crippen LogP contribution in [0.2, 0.25) is 0 Å². The van der Waals surface area contributed by atoms with E-state index < -0.39 is 48.0 Å². The predicted octanol–water partition coefficient (Wildman–Crippen LogP) is 2.66. The van der Waals surface area contributed by atoms with E-state index in [4.69, 9.17) is 0 Å². The van der Waals surface area contributed by atoms with Gasteiger partial charge in [-0.15, -0.1) is 0 Å².